The van der Waals surface area contributed by atoms with E-state index in [0.717, 1.165) is 12.2 Å². The number of para-hydroxylation sites is 1. The molecule has 1 unspecified atom stereocenters. The molecular weight excluding hydrogens is 280 g/mol. The zero-order chi connectivity index (χ0) is 14.7. The highest BCUT2D eigenvalue weighted by atomic mass is 32.2. The normalized spacial score (nSPS) is 18.9. The zero-order valence-electron chi connectivity index (χ0n) is 11.1. The standard InChI is InChI=1S/C13H16N2O4S/c1-2-9-8-14(6-7-20-9)12-10(13(16)17)4-3-5-11(12)15(18)19/h3-5,9H,2,6-8H2,1H3,(H,16,17). The fourth-order valence-corrected chi connectivity index (χ4v) is 3.53. The number of hydrogen-bond donors (Lipinski definition) is 1. The maximum absolute atomic E-state index is 11.3. The topological polar surface area (TPSA) is 83.7 Å². The van der Waals surface area contributed by atoms with E-state index in [4.69, 9.17) is 0 Å². The highest BCUT2D eigenvalue weighted by Gasteiger charge is 2.29. The molecule has 1 saturated heterocycles. The number of carboxylic acids is 1. The Balaban J connectivity index is 2.47. The molecule has 0 bridgehead atoms. The molecular formula is C13H16N2O4S. The van der Waals surface area contributed by atoms with Crippen LogP contribution in [0.4, 0.5) is 11.4 Å². The van der Waals surface area contributed by atoms with E-state index in [1.807, 2.05) is 16.7 Å². The quantitative estimate of drug-likeness (QED) is 0.679. The van der Waals surface area contributed by atoms with E-state index in [1.165, 1.54) is 18.2 Å². The third-order valence-corrected chi connectivity index (χ3v) is 4.72. The second-order valence-corrected chi connectivity index (χ2v) is 5.99. The van der Waals surface area contributed by atoms with Crippen LogP contribution in [0.15, 0.2) is 18.2 Å². The summed E-state index contributed by atoms with van der Waals surface area (Å²) in [7, 11) is 0. The molecule has 108 valence electrons. The number of carboxylic acid groups (broad SMARTS) is 1. The highest BCUT2D eigenvalue weighted by molar-refractivity contribution is 8.00. The summed E-state index contributed by atoms with van der Waals surface area (Å²) in [5.74, 6) is -0.279. The zero-order valence-corrected chi connectivity index (χ0v) is 11.9. The summed E-state index contributed by atoms with van der Waals surface area (Å²) in [4.78, 5) is 23.8. The summed E-state index contributed by atoms with van der Waals surface area (Å²) in [6, 6.07) is 4.21. The molecule has 1 aromatic rings. The molecule has 6 nitrogen and oxygen atoms in total. The van der Waals surface area contributed by atoms with Gasteiger partial charge in [-0.2, -0.15) is 11.8 Å². The highest BCUT2D eigenvalue weighted by Crippen LogP contribution is 2.35. The molecule has 2 rings (SSSR count). The third kappa shape index (κ3) is 2.87. The molecule has 0 amide bonds. The Morgan fingerprint density at radius 2 is 2.35 bits per heavy atom. The first-order chi connectivity index (χ1) is 9.54. The van der Waals surface area contributed by atoms with Crippen LogP contribution in [-0.2, 0) is 0 Å². The van der Waals surface area contributed by atoms with Gasteiger partial charge in [0, 0.05) is 30.2 Å². The van der Waals surface area contributed by atoms with Crippen LogP contribution in [0.3, 0.4) is 0 Å². The van der Waals surface area contributed by atoms with E-state index in [0.29, 0.717) is 18.3 Å². The second kappa shape index (κ2) is 6.13. The Kier molecular flexibility index (Phi) is 4.49. The fraction of sp³-hybridized carbons (Fsp3) is 0.462. The number of anilines is 1. The van der Waals surface area contributed by atoms with Crippen molar-refractivity contribution in [2.75, 3.05) is 23.7 Å². The van der Waals surface area contributed by atoms with Gasteiger partial charge in [0.05, 0.1) is 10.5 Å². The summed E-state index contributed by atoms with van der Waals surface area (Å²) in [5.41, 5.74) is 0.108. The first-order valence-electron chi connectivity index (χ1n) is 6.41. The molecule has 1 atom stereocenters. The van der Waals surface area contributed by atoms with Crippen molar-refractivity contribution in [2.45, 2.75) is 18.6 Å². The number of carbonyl (C=O) groups is 1. The van der Waals surface area contributed by atoms with Gasteiger partial charge in [-0.1, -0.05) is 13.0 Å². The van der Waals surface area contributed by atoms with Crippen molar-refractivity contribution in [3.8, 4) is 0 Å². The van der Waals surface area contributed by atoms with Gasteiger partial charge in [0.2, 0.25) is 0 Å². The Morgan fingerprint density at radius 3 is 2.95 bits per heavy atom. The van der Waals surface area contributed by atoms with E-state index >= 15 is 0 Å². The average Bonchev–Trinajstić information content (AvgIpc) is 2.46. The van der Waals surface area contributed by atoms with Crippen LogP contribution in [0.1, 0.15) is 23.7 Å². The Morgan fingerprint density at radius 1 is 1.60 bits per heavy atom. The van der Waals surface area contributed by atoms with Gasteiger partial charge in [0.1, 0.15) is 5.69 Å². The molecule has 20 heavy (non-hydrogen) atoms. The van der Waals surface area contributed by atoms with Crippen molar-refractivity contribution < 1.29 is 14.8 Å². The number of nitrogens with zero attached hydrogens (tertiary/aromatic N) is 2. The fourth-order valence-electron chi connectivity index (χ4n) is 2.35. The van der Waals surface area contributed by atoms with E-state index < -0.39 is 10.9 Å². The lowest BCUT2D eigenvalue weighted by atomic mass is 10.1. The van der Waals surface area contributed by atoms with Gasteiger partial charge in [-0.15, -0.1) is 0 Å². The average molecular weight is 296 g/mol. The van der Waals surface area contributed by atoms with Gasteiger partial charge in [-0.3, -0.25) is 10.1 Å². The monoisotopic (exact) mass is 296 g/mol. The smallest absolute Gasteiger partial charge is 0.338 e. The molecule has 1 heterocycles. The van der Waals surface area contributed by atoms with Crippen LogP contribution in [0, 0.1) is 10.1 Å². The van der Waals surface area contributed by atoms with Crippen LogP contribution in [-0.4, -0.2) is 40.1 Å². The summed E-state index contributed by atoms with van der Waals surface area (Å²) >= 11 is 1.83. The van der Waals surface area contributed by atoms with Gasteiger partial charge in [-0.25, -0.2) is 4.79 Å². The molecule has 0 aliphatic carbocycles. The Bertz CT molecular complexity index is 503. The minimum Gasteiger partial charge on any atom is -0.478 e. The molecule has 0 saturated carbocycles. The summed E-state index contributed by atoms with van der Waals surface area (Å²) < 4.78 is 0. The van der Waals surface area contributed by atoms with Gasteiger partial charge in [0.25, 0.3) is 5.69 Å². The third-order valence-electron chi connectivity index (χ3n) is 3.35. The minimum absolute atomic E-state index is 0.000882. The molecule has 1 aromatic carbocycles. The molecule has 1 N–H and O–H groups in total. The van der Waals surface area contributed by atoms with Gasteiger partial charge in [-0.05, 0) is 12.5 Å². The number of nitro benzene ring substituents is 1. The lowest BCUT2D eigenvalue weighted by molar-refractivity contribution is -0.384. The second-order valence-electron chi connectivity index (χ2n) is 4.58. The maximum Gasteiger partial charge on any atom is 0.338 e. The predicted molar refractivity (Wildman–Crippen MR) is 78.8 cm³/mol. The van der Waals surface area contributed by atoms with Crippen molar-refractivity contribution in [3.63, 3.8) is 0 Å². The van der Waals surface area contributed by atoms with Crippen LogP contribution < -0.4 is 4.90 Å². The molecule has 1 fully saturated rings. The lowest BCUT2D eigenvalue weighted by Crippen LogP contribution is -2.38. The number of hydrogen-bond acceptors (Lipinski definition) is 5. The van der Waals surface area contributed by atoms with Gasteiger partial charge in [0.15, 0.2) is 0 Å². The van der Waals surface area contributed by atoms with Crippen LogP contribution in [0.5, 0.6) is 0 Å². The van der Waals surface area contributed by atoms with E-state index in [1.54, 1.807) is 0 Å². The molecule has 7 heteroatoms. The first-order valence-corrected chi connectivity index (χ1v) is 7.46. The van der Waals surface area contributed by atoms with Crippen LogP contribution >= 0.6 is 11.8 Å². The summed E-state index contributed by atoms with van der Waals surface area (Å²) in [6.07, 6.45) is 0.963. The van der Waals surface area contributed by atoms with Crippen molar-refractivity contribution in [1.82, 2.24) is 0 Å². The van der Waals surface area contributed by atoms with Gasteiger partial charge < -0.3 is 10.0 Å². The van der Waals surface area contributed by atoms with Crippen molar-refractivity contribution in [1.29, 1.82) is 0 Å². The number of benzene rings is 1. The molecule has 1 aliphatic heterocycles. The molecule has 1 aliphatic rings. The number of aromatic carboxylic acids is 1. The largest absolute Gasteiger partial charge is 0.478 e. The SMILES string of the molecule is CCC1CN(c2c(C(=O)O)cccc2[N+](=O)[O-])CCS1. The van der Waals surface area contributed by atoms with Crippen LogP contribution in [0.25, 0.3) is 0 Å². The molecule has 0 aromatic heterocycles. The van der Waals surface area contributed by atoms with Crippen molar-refractivity contribution in [3.05, 3.63) is 33.9 Å². The maximum atomic E-state index is 11.3. The summed E-state index contributed by atoms with van der Waals surface area (Å²) in [5, 5.41) is 20.8. The number of thioether (sulfide) groups is 1. The predicted octanol–water partition coefficient (Wildman–Crippen LogP) is 2.62. The summed E-state index contributed by atoms with van der Waals surface area (Å²) in [6.45, 7) is 3.34. The van der Waals surface area contributed by atoms with Crippen molar-refractivity contribution >= 4 is 29.1 Å². The Labute approximate surface area is 120 Å². The number of nitro groups is 1. The number of rotatable bonds is 4. The first kappa shape index (κ1) is 14.6. The van der Waals surface area contributed by atoms with E-state index in [-0.39, 0.29) is 16.9 Å². The molecule has 0 spiro atoms. The van der Waals surface area contributed by atoms with E-state index in [2.05, 4.69) is 6.92 Å². The molecule has 0 radical (unpaired) electrons. The Hall–Kier alpha value is -1.76. The van der Waals surface area contributed by atoms with Gasteiger partial charge >= 0.3 is 5.97 Å². The van der Waals surface area contributed by atoms with Crippen LogP contribution in [0.2, 0.25) is 0 Å². The van der Waals surface area contributed by atoms with Crippen molar-refractivity contribution in [2.24, 2.45) is 0 Å². The minimum atomic E-state index is -1.13. The lowest BCUT2D eigenvalue weighted by Gasteiger charge is -2.33. The van der Waals surface area contributed by atoms with E-state index in [9.17, 15) is 20.0 Å².